The molecule has 8 nitrogen and oxygen atoms in total. The predicted molar refractivity (Wildman–Crippen MR) is 65.9 cm³/mol. The molecular formula is C11H18N6O2. The van der Waals surface area contributed by atoms with Crippen LogP contribution in [0.3, 0.4) is 0 Å². The number of rotatable bonds is 5. The summed E-state index contributed by atoms with van der Waals surface area (Å²) < 4.78 is 0. The van der Waals surface area contributed by atoms with Crippen LogP contribution in [-0.2, 0) is 16.0 Å². The van der Waals surface area contributed by atoms with Crippen molar-refractivity contribution in [1.29, 1.82) is 0 Å². The fourth-order valence-electron chi connectivity index (χ4n) is 2.01. The predicted octanol–water partition coefficient (Wildman–Crippen LogP) is -0.787. The Hall–Kier alpha value is -1.99. The van der Waals surface area contributed by atoms with Crippen LogP contribution in [0, 0.1) is 0 Å². The molecule has 1 fully saturated rings. The Morgan fingerprint density at radius 3 is 2.89 bits per heavy atom. The van der Waals surface area contributed by atoms with Crippen molar-refractivity contribution < 1.29 is 9.59 Å². The van der Waals surface area contributed by atoms with Crippen molar-refractivity contribution >= 4 is 11.8 Å². The molecule has 2 rings (SSSR count). The number of aromatic nitrogens is 4. The highest BCUT2D eigenvalue weighted by Crippen LogP contribution is 2.06. The molecule has 0 aliphatic carbocycles. The van der Waals surface area contributed by atoms with E-state index in [0.717, 1.165) is 19.4 Å². The van der Waals surface area contributed by atoms with Gasteiger partial charge in [0.2, 0.25) is 11.8 Å². The molecule has 0 spiro atoms. The molecule has 1 N–H and O–H groups in total. The average molecular weight is 266 g/mol. The van der Waals surface area contributed by atoms with E-state index in [-0.39, 0.29) is 24.8 Å². The molecule has 2 heterocycles. The van der Waals surface area contributed by atoms with Crippen LogP contribution < -0.4 is 0 Å². The third kappa shape index (κ3) is 3.49. The molecule has 2 amide bonds. The SMILES string of the molecule is CCCCN1CCN(C(=O)Cc2nn[nH]n2)CC1=O. The lowest BCUT2D eigenvalue weighted by atomic mass is 10.2. The number of unbranched alkanes of at least 4 members (excludes halogenated alkanes) is 1. The summed E-state index contributed by atoms with van der Waals surface area (Å²) in [4.78, 5) is 27.2. The van der Waals surface area contributed by atoms with Gasteiger partial charge < -0.3 is 9.80 Å². The van der Waals surface area contributed by atoms with Crippen LogP contribution in [-0.4, -0.2) is 68.4 Å². The maximum atomic E-state index is 12.0. The molecule has 104 valence electrons. The minimum Gasteiger partial charge on any atom is -0.339 e. The lowest BCUT2D eigenvalue weighted by Crippen LogP contribution is -2.52. The highest BCUT2D eigenvalue weighted by Gasteiger charge is 2.27. The minimum absolute atomic E-state index is 0.0150. The van der Waals surface area contributed by atoms with Gasteiger partial charge in [-0.25, -0.2) is 0 Å². The minimum atomic E-state index is -0.134. The van der Waals surface area contributed by atoms with Gasteiger partial charge in [0.25, 0.3) is 0 Å². The second-order valence-electron chi connectivity index (χ2n) is 4.55. The van der Waals surface area contributed by atoms with E-state index in [9.17, 15) is 9.59 Å². The number of nitrogens with zero attached hydrogens (tertiary/aromatic N) is 5. The zero-order chi connectivity index (χ0) is 13.7. The van der Waals surface area contributed by atoms with Crippen molar-refractivity contribution in [2.24, 2.45) is 0 Å². The van der Waals surface area contributed by atoms with Gasteiger partial charge in [-0.15, -0.1) is 10.2 Å². The van der Waals surface area contributed by atoms with Crippen LogP contribution in [0.15, 0.2) is 0 Å². The van der Waals surface area contributed by atoms with Gasteiger partial charge in [-0.1, -0.05) is 18.6 Å². The summed E-state index contributed by atoms with van der Waals surface area (Å²) in [7, 11) is 0. The Bertz CT molecular complexity index is 432. The zero-order valence-electron chi connectivity index (χ0n) is 11.0. The van der Waals surface area contributed by atoms with Crippen LogP contribution >= 0.6 is 0 Å². The quantitative estimate of drug-likeness (QED) is 0.754. The van der Waals surface area contributed by atoms with E-state index in [1.807, 2.05) is 4.90 Å². The molecule has 19 heavy (non-hydrogen) atoms. The van der Waals surface area contributed by atoms with Gasteiger partial charge in [-0.05, 0) is 6.42 Å². The number of nitrogens with one attached hydrogen (secondary N) is 1. The summed E-state index contributed by atoms with van der Waals surface area (Å²) in [6.07, 6.45) is 2.14. The number of aromatic amines is 1. The van der Waals surface area contributed by atoms with Gasteiger partial charge in [0.15, 0.2) is 5.82 Å². The smallest absolute Gasteiger partial charge is 0.242 e. The fraction of sp³-hybridized carbons (Fsp3) is 0.727. The van der Waals surface area contributed by atoms with Crippen molar-refractivity contribution in [3.8, 4) is 0 Å². The summed E-state index contributed by atoms with van der Waals surface area (Å²) in [6, 6.07) is 0. The zero-order valence-corrected chi connectivity index (χ0v) is 11.0. The first kappa shape index (κ1) is 13.4. The van der Waals surface area contributed by atoms with E-state index in [2.05, 4.69) is 27.5 Å². The van der Waals surface area contributed by atoms with Crippen LogP contribution in [0.4, 0.5) is 0 Å². The summed E-state index contributed by atoms with van der Waals surface area (Å²) in [6.45, 7) is 4.21. The second-order valence-corrected chi connectivity index (χ2v) is 4.55. The second kappa shape index (κ2) is 6.26. The lowest BCUT2D eigenvalue weighted by Gasteiger charge is -2.34. The molecule has 0 radical (unpaired) electrons. The first-order valence-electron chi connectivity index (χ1n) is 6.48. The Morgan fingerprint density at radius 2 is 2.26 bits per heavy atom. The van der Waals surface area contributed by atoms with E-state index in [0.29, 0.717) is 18.9 Å². The van der Waals surface area contributed by atoms with Gasteiger partial charge in [0.1, 0.15) is 0 Å². The standard InChI is InChI=1S/C11H18N6O2/c1-2-3-4-16-5-6-17(8-11(16)19)10(18)7-9-12-14-15-13-9/h2-8H2,1H3,(H,12,13,14,15). The van der Waals surface area contributed by atoms with Crippen molar-refractivity contribution in [3.63, 3.8) is 0 Å². The fourth-order valence-corrected chi connectivity index (χ4v) is 2.01. The summed E-state index contributed by atoms with van der Waals surface area (Å²) in [5.41, 5.74) is 0. The van der Waals surface area contributed by atoms with Crippen molar-refractivity contribution in [2.45, 2.75) is 26.2 Å². The van der Waals surface area contributed by atoms with Crippen molar-refractivity contribution in [2.75, 3.05) is 26.2 Å². The Kier molecular flexibility index (Phi) is 4.43. The molecule has 8 heteroatoms. The van der Waals surface area contributed by atoms with Gasteiger partial charge in [0.05, 0.1) is 13.0 Å². The van der Waals surface area contributed by atoms with Crippen molar-refractivity contribution in [1.82, 2.24) is 30.4 Å². The van der Waals surface area contributed by atoms with Crippen LogP contribution in [0.5, 0.6) is 0 Å². The van der Waals surface area contributed by atoms with E-state index < -0.39 is 0 Å². The molecule has 0 bridgehead atoms. The van der Waals surface area contributed by atoms with Crippen LogP contribution in [0.25, 0.3) is 0 Å². The third-order valence-corrected chi connectivity index (χ3v) is 3.15. The molecule has 1 aromatic rings. The molecule has 1 aliphatic rings. The highest BCUT2D eigenvalue weighted by molar-refractivity contribution is 5.86. The van der Waals surface area contributed by atoms with Gasteiger partial charge in [0, 0.05) is 19.6 Å². The molecule has 1 aromatic heterocycles. The molecule has 0 unspecified atom stereocenters. The number of H-pyrrole nitrogens is 1. The topological polar surface area (TPSA) is 95.1 Å². The maximum absolute atomic E-state index is 12.0. The lowest BCUT2D eigenvalue weighted by molar-refractivity contribution is -0.145. The Labute approximate surface area is 111 Å². The van der Waals surface area contributed by atoms with Crippen LogP contribution in [0.2, 0.25) is 0 Å². The number of carbonyl (C=O) groups is 2. The Balaban J connectivity index is 1.84. The third-order valence-electron chi connectivity index (χ3n) is 3.15. The normalized spacial score (nSPS) is 15.9. The first-order chi connectivity index (χ1) is 9.20. The van der Waals surface area contributed by atoms with Gasteiger partial charge in [-0.3, -0.25) is 9.59 Å². The van der Waals surface area contributed by atoms with E-state index in [1.54, 1.807) is 4.90 Å². The van der Waals surface area contributed by atoms with Gasteiger partial charge in [-0.2, -0.15) is 5.21 Å². The number of tetrazole rings is 1. The largest absolute Gasteiger partial charge is 0.339 e. The van der Waals surface area contributed by atoms with E-state index in [1.165, 1.54) is 0 Å². The monoisotopic (exact) mass is 266 g/mol. The molecule has 1 aliphatic heterocycles. The number of piperazine rings is 1. The van der Waals surface area contributed by atoms with E-state index in [4.69, 9.17) is 0 Å². The average Bonchev–Trinajstić information content (AvgIpc) is 2.90. The first-order valence-corrected chi connectivity index (χ1v) is 6.48. The molecule has 0 aromatic carbocycles. The molecule has 1 saturated heterocycles. The number of hydrogen-bond acceptors (Lipinski definition) is 5. The summed E-state index contributed by atoms with van der Waals surface area (Å²) in [5, 5.41) is 13.2. The van der Waals surface area contributed by atoms with E-state index >= 15 is 0 Å². The van der Waals surface area contributed by atoms with Crippen molar-refractivity contribution in [3.05, 3.63) is 5.82 Å². The van der Waals surface area contributed by atoms with Gasteiger partial charge >= 0.3 is 0 Å². The number of hydrogen-bond donors (Lipinski definition) is 1. The summed E-state index contributed by atoms with van der Waals surface area (Å²) in [5.74, 6) is 0.233. The highest BCUT2D eigenvalue weighted by atomic mass is 16.2. The molecule has 0 atom stereocenters. The summed E-state index contributed by atoms with van der Waals surface area (Å²) >= 11 is 0. The van der Waals surface area contributed by atoms with Crippen LogP contribution in [0.1, 0.15) is 25.6 Å². The Morgan fingerprint density at radius 1 is 1.42 bits per heavy atom. The molecular weight excluding hydrogens is 248 g/mol. The number of carbonyl (C=O) groups excluding carboxylic acids is 2. The number of amides is 2. The maximum Gasteiger partial charge on any atom is 0.242 e. The molecule has 0 saturated carbocycles.